The maximum atomic E-state index is 12.4. The average Bonchev–Trinajstić information content (AvgIpc) is 2.63. The second-order valence-electron chi connectivity index (χ2n) is 5.60. The molecule has 130 valence electrons. The number of ether oxygens (including phenoxy) is 3. The summed E-state index contributed by atoms with van der Waals surface area (Å²) in [4.78, 5) is 24.2. The quantitative estimate of drug-likeness (QED) is 0.866. The molecule has 2 aromatic rings. The zero-order valence-electron chi connectivity index (χ0n) is 14.1. The number of amides is 1. The maximum Gasteiger partial charge on any atom is 0.338 e. The smallest absolute Gasteiger partial charge is 0.338 e. The number of rotatable bonds is 4. The number of aryl methyl sites for hydroxylation is 1. The lowest BCUT2D eigenvalue weighted by molar-refractivity contribution is -0.125. The van der Waals surface area contributed by atoms with Crippen molar-refractivity contribution in [3.63, 3.8) is 0 Å². The summed E-state index contributed by atoms with van der Waals surface area (Å²) >= 11 is 0. The van der Waals surface area contributed by atoms with Crippen LogP contribution in [0.25, 0.3) is 0 Å². The number of fused-ring (bicyclic) bond motifs is 1. The molecule has 0 bridgehead atoms. The van der Waals surface area contributed by atoms with Gasteiger partial charge in [0, 0.05) is 5.69 Å². The van der Waals surface area contributed by atoms with Gasteiger partial charge < -0.3 is 19.5 Å². The molecule has 1 heterocycles. The number of benzene rings is 2. The van der Waals surface area contributed by atoms with E-state index >= 15 is 0 Å². The molecule has 0 unspecified atom stereocenters. The first kappa shape index (κ1) is 16.8. The molecule has 6 heteroatoms. The summed E-state index contributed by atoms with van der Waals surface area (Å²) in [6.45, 7) is 4.02. The first-order chi connectivity index (χ1) is 12.1. The van der Waals surface area contributed by atoms with Gasteiger partial charge in [0.25, 0.3) is 5.91 Å². The van der Waals surface area contributed by atoms with E-state index in [4.69, 9.17) is 14.2 Å². The van der Waals surface area contributed by atoms with Crippen molar-refractivity contribution in [1.29, 1.82) is 0 Å². The van der Waals surface area contributed by atoms with Gasteiger partial charge in [0.1, 0.15) is 6.61 Å². The van der Waals surface area contributed by atoms with E-state index in [1.165, 1.54) is 0 Å². The lowest BCUT2D eigenvalue weighted by Crippen LogP contribution is -2.40. The summed E-state index contributed by atoms with van der Waals surface area (Å²) in [7, 11) is 0. The van der Waals surface area contributed by atoms with Crippen LogP contribution in [0.2, 0.25) is 0 Å². The Hall–Kier alpha value is -3.02. The van der Waals surface area contributed by atoms with Crippen LogP contribution in [0, 0.1) is 6.92 Å². The number of esters is 1. The summed E-state index contributed by atoms with van der Waals surface area (Å²) in [5.41, 5.74) is 1.82. The van der Waals surface area contributed by atoms with Crippen molar-refractivity contribution in [2.45, 2.75) is 20.0 Å². The number of hydrogen-bond donors (Lipinski definition) is 1. The first-order valence-electron chi connectivity index (χ1n) is 8.05. The fourth-order valence-electron chi connectivity index (χ4n) is 2.51. The molecule has 0 aromatic heterocycles. The van der Waals surface area contributed by atoms with Crippen LogP contribution in [0.5, 0.6) is 11.5 Å². The predicted molar refractivity (Wildman–Crippen MR) is 92.1 cm³/mol. The number of para-hydroxylation sites is 2. The molecular formula is C19H19NO5. The maximum absolute atomic E-state index is 12.4. The fraction of sp³-hybridized carbons (Fsp3) is 0.263. The Morgan fingerprint density at radius 1 is 1.20 bits per heavy atom. The molecule has 0 saturated carbocycles. The van der Waals surface area contributed by atoms with E-state index in [9.17, 15) is 9.59 Å². The number of carbonyl (C=O) groups excluding carboxylic acids is 2. The summed E-state index contributed by atoms with van der Waals surface area (Å²) in [6.07, 6.45) is -0.737. The average molecular weight is 341 g/mol. The molecule has 1 N–H and O–H groups in total. The molecule has 0 fully saturated rings. The number of hydrogen-bond acceptors (Lipinski definition) is 5. The third-order valence-electron chi connectivity index (χ3n) is 3.80. The van der Waals surface area contributed by atoms with Crippen molar-refractivity contribution >= 4 is 17.6 Å². The van der Waals surface area contributed by atoms with E-state index < -0.39 is 6.10 Å². The van der Waals surface area contributed by atoms with Gasteiger partial charge in [-0.1, -0.05) is 12.1 Å². The van der Waals surface area contributed by atoms with Crippen LogP contribution in [0.15, 0.2) is 42.5 Å². The van der Waals surface area contributed by atoms with Crippen LogP contribution in [0.3, 0.4) is 0 Å². The second kappa shape index (κ2) is 7.25. The van der Waals surface area contributed by atoms with Crippen LogP contribution in [-0.2, 0) is 9.53 Å². The topological polar surface area (TPSA) is 73.9 Å². The third kappa shape index (κ3) is 3.74. The molecule has 1 atom stereocenters. The van der Waals surface area contributed by atoms with Gasteiger partial charge >= 0.3 is 5.97 Å². The van der Waals surface area contributed by atoms with Crippen molar-refractivity contribution in [2.75, 3.05) is 18.5 Å². The Kier molecular flexibility index (Phi) is 4.88. The first-order valence-corrected chi connectivity index (χ1v) is 8.05. The fourth-order valence-corrected chi connectivity index (χ4v) is 2.51. The van der Waals surface area contributed by atoms with Crippen LogP contribution in [-0.4, -0.2) is 31.2 Å². The molecule has 6 nitrogen and oxygen atoms in total. The van der Waals surface area contributed by atoms with E-state index in [0.717, 1.165) is 5.56 Å². The second-order valence-corrected chi connectivity index (χ2v) is 5.60. The van der Waals surface area contributed by atoms with E-state index in [-0.39, 0.29) is 18.5 Å². The Morgan fingerprint density at radius 3 is 2.68 bits per heavy atom. The number of carbonyl (C=O) groups is 2. The monoisotopic (exact) mass is 341 g/mol. The standard InChI is InChI=1S/C19H19NO5/c1-3-23-19(22)13-8-9-14(12(2)10-13)20-18(21)17-11-24-15-6-4-5-7-16(15)25-17/h4-10,17H,3,11H2,1-2H3,(H,20,21)/t17-/m0/s1. The van der Waals surface area contributed by atoms with Crippen LogP contribution in [0.1, 0.15) is 22.8 Å². The van der Waals surface area contributed by atoms with Gasteiger partial charge in [-0.2, -0.15) is 0 Å². The molecule has 0 radical (unpaired) electrons. The Labute approximate surface area is 145 Å². The van der Waals surface area contributed by atoms with Crippen LogP contribution < -0.4 is 14.8 Å². The highest BCUT2D eigenvalue weighted by molar-refractivity contribution is 5.96. The molecule has 25 heavy (non-hydrogen) atoms. The normalized spacial score (nSPS) is 15.4. The van der Waals surface area contributed by atoms with Gasteiger partial charge in [0.15, 0.2) is 11.5 Å². The molecule has 3 rings (SSSR count). The Bertz CT molecular complexity index is 802. The summed E-state index contributed by atoms with van der Waals surface area (Å²) < 4.78 is 16.2. The summed E-state index contributed by atoms with van der Waals surface area (Å²) in [5, 5.41) is 2.81. The predicted octanol–water partition coefficient (Wildman–Crippen LogP) is 2.95. The lowest BCUT2D eigenvalue weighted by atomic mass is 10.1. The van der Waals surface area contributed by atoms with Crippen molar-refractivity contribution in [3.8, 4) is 11.5 Å². The van der Waals surface area contributed by atoms with Gasteiger partial charge in [-0.25, -0.2) is 4.79 Å². The molecule has 1 amide bonds. The van der Waals surface area contributed by atoms with E-state index in [2.05, 4.69) is 5.32 Å². The summed E-state index contributed by atoms with van der Waals surface area (Å²) in [5.74, 6) is 0.482. The van der Waals surface area contributed by atoms with Crippen molar-refractivity contribution in [2.24, 2.45) is 0 Å². The minimum atomic E-state index is -0.737. The molecule has 2 aromatic carbocycles. The minimum absolute atomic E-state index is 0.142. The molecule has 1 aliphatic rings. The third-order valence-corrected chi connectivity index (χ3v) is 3.80. The SMILES string of the molecule is CCOC(=O)c1ccc(NC(=O)[C@@H]2COc3ccccc3O2)c(C)c1. The van der Waals surface area contributed by atoms with Gasteiger partial charge in [0.05, 0.1) is 12.2 Å². The molecule has 0 spiro atoms. The minimum Gasteiger partial charge on any atom is -0.485 e. The highest BCUT2D eigenvalue weighted by atomic mass is 16.6. The molecular weight excluding hydrogens is 322 g/mol. The van der Waals surface area contributed by atoms with Gasteiger partial charge in [-0.05, 0) is 49.7 Å². The van der Waals surface area contributed by atoms with Crippen molar-refractivity contribution in [1.82, 2.24) is 0 Å². The zero-order valence-corrected chi connectivity index (χ0v) is 14.1. The van der Waals surface area contributed by atoms with E-state index in [0.29, 0.717) is 29.4 Å². The highest BCUT2D eigenvalue weighted by Crippen LogP contribution is 2.31. The molecule has 0 aliphatic carbocycles. The Morgan fingerprint density at radius 2 is 1.96 bits per heavy atom. The van der Waals surface area contributed by atoms with Crippen LogP contribution in [0.4, 0.5) is 5.69 Å². The van der Waals surface area contributed by atoms with Crippen molar-refractivity contribution in [3.05, 3.63) is 53.6 Å². The highest BCUT2D eigenvalue weighted by Gasteiger charge is 2.27. The van der Waals surface area contributed by atoms with E-state index in [1.54, 1.807) is 37.3 Å². The molecule has 0 saturated heterocycles. The van der Waals surface area contributed by atoms with Crippen LogP contribution >= 0.6 is 0 Å². The van der Waals surface area contributed by atoms with Gasteiger partial charge in [-0.15, -0.1) is 0 Å². The number of anilines is 1. The Balaban J connectivity index is 1.68. The van der Waals surface area contributed by atoms with Crippen molar-refractivity contribution < 1.29 is 23.8 Å². The van der Waals surface area contributed by atoms with Gasteiger partial charge in [-0.3, -0.25) is 4.79 Å². The van der Waals surface area contributed by atoms with E-state index in [1.807, 2.05) is 19.1 Å². The van der Waals surface area contributed by atoms with Gasteiger partial charge in [0.2, 0.25) is 6.10 Å². The zero-order chi connectivity index (χ0) is 17.8. The largest absolute Gasteiger partial charge is 0.485 e. The molecule has 1 aliphatic heterocycles. The summed E-state index contributed by atoms with van der Waals surface area (Å²) in [6, 6.07) is 12.2. The lowest BCUT2D eigenvalue weighted by Gasteiger charge is -2.25. The number of nitrogens with one attached hydrogen (secondary N) is 1.